The summed E-state index contributed by atoms with van der Waals surface area (Å²) in [5, 5.41) is 11.8. The van der Waals surface area contributed by atoms with E-state index in [0.29, 0.717) is 0 Å². The van der Waals surface area contributed by atoms with Crippen LogP contribution in [0.1, 0.15) is 12.1 Å². The van der Waals surface area contributed by atoms with Gasteiger partial charge < -0.3 is 9.77 Å². The summed E-state index contributed by atoms with van der Waals surface area (Å²) >= 11 is 3.40. The normalized spacial score (nSPS) is 19.2. The molecule has 1 aliphatic rings. The first-order chi connectivity index (χ1) is 5.33. The monoisotopic (exact) mass is 214 g/mol. The summed E-state index contributed by atoms with van der Waals surface area (Å²) in [4.78, 5) is 0. The van der Waals surface area contributed by atoms with Crippen molar-refractivity contribution in [1.82, 2.24) is 4.57 Å². The highest BCUT2D eigenvalue weighted by Gasteiger charge is 2.19. The third kappa shape index (κ3) is 0.894. The van der Waals surface area contributed by atoms with Gasteiger partial charge >= 0.3 is 0 Å². The van der Waals surface area contributed by atoms with Crippen LogP contribution < -0.4 is 0 Å². The summed E-state index contributed by atoms with van der Waals surface area (Å²) in [7, 11) is 0. The van der Waals surface area contributed by atoms with Gasteiger partial charge in [-0.2, -0.15) is 0 Å². The average Bonchev–Trinajstić information content (AvgIpc) is 2.53. The molecule has 0 aromatic carbocycles. The summed E-state index contributed by atoms with van der Waals surface area (Å²) in [6.45, 7) is 0.905. The van der Waals surface area contributed by atoms with Crippen molar-refractivity contribution < 1.29 is 5.21 Å². The number of hydrogen-bond acceptors (Lipinski definition) is 2. The topological polar surface area (TPSA) is 37.5 Å². The average molecular weight is 215 g/mol. The molecule has 0 saturated carbocycles. The molecule has 3 nitrogen and oxygen atoms in total. The maximum absolute atomic E-state index is 8.58. The third-order valence-electron chi connectivity index (χ3n) is 1.92. The summed E-state index contributed by atoms with van der Waals surface area (Å²) in [6.07, 6.45) is 0.825. The van der Waals surface area contributed by atoms with Gasteiger partial charge in [0.05, 0.1) is 10.3 Å². The van der Waals surface area contributed by atoms with Crippen LogP contribution in [0, 0.1) is 0 Å². The van der Waals surface area contributed by atoms with Crippen molar-refractivity contribution >= 4 is 21.6 Å². The van der Waals surface area contributed by atoms with Crippen LogP contribution in [0.5, 0.6) is 0 Å². The van der Waals surface area contributed by atoms with Crippen LogP contribution in [-0.4, -0.2) is 15.5 Å². The Labute approximate surface area is 72.5 Å². The fourth-order valence-corrected chi connectivity index (χ4v) is 1.87. The van der Waals surface area contributed by atoms with Crippen LogP contribution in [0.25, 0.3) is 0 Å². The Morgan fingerprint density at radius 1 is 1.55 bits per heavy atom. The molecule has 0 spiro atoms. The van der Waals surface area contributed by atoms with Gasteiger partial charge in [-0.15, -0.1) is 0 Å². The van der Waals surface area contributed by atoms with E-state index in [1.807, 2.05) is 12.1 Å². The summed E-state index contributed by atoms with van der Waals surface area (Å²) in [5.41, 5.74) is 1.79. The Morgan fingerprint density at radius 3 is 3.09 bits per heavy atom. The van der Waals surface area contributed by atoms with Gasteiger partial charge in [-0.05, 0) is 28.1 Å². The van der Waals surface area contributed by atoms with Crippen LogP contribution in [0.3, 0.4) is 0 Å². The minimum absolute atomic E-state index is 0.774. The SMILES string of the molecule is O/N=C1\CCn2c(Br)ccc21. The first-order valence-corrected chi connectivity index (χ1v) is 4.18. The maximum Gasteiger partial charge on any atom is 0.105 e. The van der Waals surface area contributed by atoms with E-state index in [1.165, 1.54) is 0 Å². The Bertz CT molecular complexity index is 316. The summed E-state index contributed by atoms with van der Waals surface area (Å²) in [5.74, 6) is 0. The Morgan fingerprint density at radius 2 is 2.36 bits per heavy atom. The Kier molecular flexibility index (Phi) is 1.49. The van der Waals surface area contributed by atoms with E-state index >= 15 is 0 Å². The lowest BCUT2D eigenvalue weighted by molar-refractivity contribution is 0.318. The fraction of sp³-hybridized carbons (Fsp3) is 0.286. The molecule has 0 bridgehead atoms. The highest BCUT2D eigenvalue weighted by atomic mass is 79.9. The van der Waals surface area contributed by atoms with Gasteiger partial charge in [0.25, 0.3) is 0 Å². The molecule has 0 unspecified atom stereocenters. The van der Waals surface area contributed by atoms with Crippen molar-refractivity contribution in [3.05, 3.63) is 22.4 Å². The molecule has 11 heavy (non-hydrogen) atoms. The summed E-state index contributed by atoms with van der Waals surface area (Å²) in [6, 6.07) is 3.91. The van der Waals surface area contributed by atoms with Crippen molar-refractivity contribution in [2.45, 2.75) is 13.0 Å². The predicted octanol–water partition coefficient (Wildman–Crippen LogP) is 1.83. The van der Waals surface area contributed by atoms with Crippen LogP contribution in [-0.2, 0) is 6.54 Å². The molecule has 0 saturated heterocycles. The molecule has 0 atom stereocenters. The lowest BCUT2D eigenvalue weighted by atomic mass is 10.2. The van der Waals surface area contributed by atoms with E-state index in [4.69, 9.17) is 5.21 Å². The van der Waals surface area contributed by atoms with Crippen molar-refractivity contribution in [2.75, 3.05) is 0 Å². The first-order valence-electron chi connectivity index (χ1n) is 3.39. The Balaban J connectivity index is 2.56. The molecule has 1 aromatic rings. The van der Waals surface area contributed by atoms with Gasteiger partial charge in [0.2, 0.25) is 0 Å². The van der Waals surface area contributed by atoms with E-state index in [2.05, 4.69) is 25.7 Å². The molecule has 0 amide bonds. The molecule has 0 fully saturated rings. The second-order valence-corrected chi connectivity index (χ2v) is 3.30. The van der Waals surface area contributed by atoms with Crippen LogP contribution in [0.4, 0.5) is 0 Å². The molecule has 58 valence electrons. The van der Waals surface area contributed by atoms with E-state index in [-0.39, 0.29) is 0 Å². The summed E-state index contributed by atoms with van der Waals surface area (Å²) < 4.78 is 3.13. The third-order valence-corrected chi connectivity index (χ3v) is 2.61. The van der Waals surface area contributed by atoms with Gasteiger partial charge in [0, 0.05) is 13.0 Å². The molecule has 1 aliphatic heterocycles. The molecule has 1 aromatic heterocycles. The second kappa shape index (κ2) is 2.37. The highest BCUT2D eigenvalue weighted by Crippen LogP contribution is 2.23. The molecule has 2 heterocycles. The number of halogens is 1. The van der Waals surface area contributed by atoms with Crippen molar-refractivity contribution in [3.63, 3.8) is 0 Å². The van der Waals surface area contributed by atoms with Gasteiger partial charge in [-0.1, -0.05) is 5.16 Å². The molecule has 0 aliphatic carbocycles. The lowest BCUT2D eigenvalue weighted by Crippen LogP contribution is -1.93. The molecular formula is C7H7BrN2O. The number of rotatable bonds is 0. The zero-order valence-corrected chi connectivity index (χ0v) is 7.37. The van der Waals surface area contributed by atoms with Crippen LogP contribution in [0.2, 0.25) is 0 Å². The van der Waals surface area contributed by atoms with Crippen LogP contribution in [0.15, 0.2) is 21.9 Å². The number of aromatic nitrogens is 1. The van der Waals surface area contributed by atoms with Gasteiger partial charge in [-0.25, -0.2) is 0 Å². The number of hydrogen-bond donors (Lipinski definition) is 1. The molecule has 1 N–H and O–H groups in total. The smallest absolute Gasteiger partial charge is 0.105 e. The van der Waals surface area contributed by atoms with E-state index in [9.17, 15) is 0 Å². The molecule has 0 radical (unpaired) electrons. The van der Waals surface area contributed by atoms with Gasteiger partial charge in [0.1, 0.15) is 5.71 Å². The zero-order valence-electron chi connectivity index (χ0n) is 5.79. The van der Waals surface area contributed by atoms with Gasteiger partial charge in [0.15, 0.2) is 0 Å². The van der Waals surface area contributed by atoms with Crippen molar-refractivity contribution in [3.8, 4) is 0 Å². The molecule has 2 rings (SSSR count). The number of nitrogens with zero attached hydrogens (tertiary/aromatic N) is 2. The quantitative estimate of drug-likeness (QED) is 0.520. The highest BCUT2D eigenvalue weighted by molar-refractivity contribution is 9.10. The lowest BCUT2D eigenvalue weighted by Gasteiger charge is -1.95. The number of oxime groups is 1. The minimum Gasteiger partial charge on any atom is -0.411 e. The minimum atomic E-state index is 0.774. The second-order valence-electron chi connectivity index (χ2n) is 2.49. The molecular weight excluding hydrogens is 208 g/mol. The first kappa shape index (κ1) is 6.91. The Hall–Kier alpha value is -0.770. The predicted molar refractivity (Wildman–Crippen MR) is 45.1 cm³/mol. The largest absolute Gasteiger partial charge is 0.411 e. The maximum atomic E-state index is 8.58. The molecule has 4 heteroatoms. The standard InChI is InChI=1S/C7H7BrN2O/c8-7-2-1-6-5(9-11)3-4-10(6)7/h1-2,11H,3-4H2/b9-5+. The van der Waals surface area contributed by atoms with Crippen molar-refractivity contribution in [1.29, 1.82) is 0 Å². The van der Waals surface area contributed by atoms with Crippen molar-refractivity contribution in [2.24, 2.45) is 5.16 Å². The van der Waals surface area contributed by atoms with E-state index < -0.39 is 0 Å². The van der Waals surface area contributed by atoms with Crippen LogP contribution >= 0.6 is 15.9 Å². The van der Waals surface area contributed by atoms with E-state index in [1.54, 1.807) is 0 Å². The van der Waals surface area contributed by atoms with Gasteiger partial charge in [-0.3, -0.25) is 0 Å². The zero-order chi connectivity index (χ0) is 7.84. The number of fused-ring (bicyclic) bond motifs is 1. The fourth-order valence-electron chi connectivity index (χ4n) is 1.37. The van der Waals surface area contributed by atoms with E-state index in [0.717, 1.165) is 29.0 Å².